The monoisotopic (exact) mass is 1060 g/mol. The summed E-state index contributed by atoms with van der Waals surface area (Å²) >= 11 is 2.99. The summed E-state index contributed by atoms with van der Waals surface area (Å²) in [5.74, 6) is 6.06. The highest BCUT2D eigenvalue weighted by atomic mass is 32.1. The maximum absolute atomic E-state index is 14.2. The average Bonchev–Trinajstić information content (AvgIpc) is 4.24. The molecule has 17 heteroatoms. The molecule has 0 saturated carbocycles. The number of fused-ring (bicyclic) bond motifs is 1. The highest BCUT2D eigenvalue weighted by Crippen LogP contribution is 2.42. The van der Waals surface area contributed by atoms with Gasteiger partial charge < -0.3 is 40.5 Å². The Morgan fingerprint density at radius 3 is 2.33 bits per heavy atom. The Morgan fingerprint density at radius 1 is 0.921 bits per heavy atom. The van der Waals surface area contributed by atoms with Crippen molar-refractivity contribution < 1.29 is 39.2 Å². The van der Waals surface area contributed by atoms with Crippen molar-refractivity contribution in [3.8, 4) is 50.0 Å². The number of hydrogen-bond donors (Lipinski definition) is 5. The molecule has 1 aliphatic heterocycles. The average molecular weight is 1060 g/mol. The zero-order valence-electron chi connectivity index (χ0n) is 43.7. The van der Waals surface area contributed by atoms with E-state index in [-0.39, 0.29) is 61.1 Å². The van der Waals surface area contributed by atoms with E-state index in [1.165, 1.54) is 16.2 Å². The first-order valence-electron chi connectivity index (χ1n) is 25.6. The number of carbonyl (C=O) groups is 4. The molecule has 0 bridgehead atoms. The molecule has 4 aromatic carbocycles. The molecule has 3 amide bonds. The number of amides is 3. The summed E-state index contributed by atoms with van der Waals surface area (Å²) in [6.07, 6.45) is 4.27. The van der Waals surface area contributed by atoms with Gasteiger partial charge in [-0.15, -0.1) is 22.7 Å². The molecule has 1 aliphatic rings. The van der Waals surface area contributed by atoms with E-state index in [1.807, 2.05) is 64.4 Å². The van der Waals surface area contributed by atoms with Crippen LogP contribution in [-0.2, 0) is 20.9 Å². The van der Waals surface area contributed by atoms with Gasteiger partial charge in [-0.1, -0.05) is 63.8 Å². The number of carbonyl (C=O) groups excluding carboxylic acids is 4. The minimum absolute atomic E-state index is 0.0147. The summed E-state index contributed by atoms with van der Waals surface area (Å²) in [5, 5.41) is 41.8. The summed E-state index contributed by atoms with van der Waals surface area (Å²) in [4.78, 5) is 65.2. The smallest absolute Gasteiger partial charge is 0.246 e. The number of aliphatic hydroxyl groups is 1. The lowest BCUT2D eigenvalue weighted by Crippen LogP contribution is -2.57. The number of aromatic hydroxyl groups is 2. The standard InChI is InChI=1S/C59H65N7O8S2/c1-7-64(29-30-74-47-23-18-41(19-24-47)53(71)52-48-25-22-45(68)32-50(48)76-55(52)43-16-20-44(67)21-17-43)27-10-8-9-11-39-33-61-65(34-39)28-26-51(70)63-56(59(4,5)6)58(73)66-35-46(69)31-49(66)57(72)62-37(2)40-12-14-42(15-13-40)54-38(3)60-36-75-54/h12-25,32-34,36-37,46,49,56,67-69H,7-8,10,26-31,35H2,1-6H3,(H,62,72)(H,63,70)/t37-,46+,49-,56?/m0/s1. The van der Waals surface area contributed by atoms with Crippen LogP contribution in [0.3, 0.4) is 0 Å². The minimum atomic E-state index is -0.946. The van der Waals surface area contributed by atoms with E-state index in [0.717, 1.165) is 67.3 Å². The van der Waals surface area contributed by atoms with E-state index < -0.39 is 29.5 Å². The molecule has 8 rings (SSSR count). The van der Waals surface area contributed by atoms with Gasteiger partial charge in [0.25, 0.3) is 0 Å². The van der Waals surface area contributed by atoms with Crippen molar-refractivity contribution in [3.05, 3.63) is 137 Å². The van der Waals surface area contributed by atoms with Crippen molar-refractivity contribution in [1.82, 2.24) is 35.2 Å². The maximum Gasteiger partial charge on any atom is 0.246 e. The summed E-state index contributed by atoms with van der Waals surface area (Å²) in [6, 6.07) is 24.6. The van der Waals surface area contributed by atoms with Crippen LogP contribution in [0.5, 0.6) is 17.2 Å². The topological polar surface area (TPSA) is 199 Å². The van der Waals surface area contributed by atoms with Crippen molar-refractivity contribution in [2.45, 2.75) is 98.0 Å². The number of phenolic OH excluding ortho intramolecular Hbond substituents is 2. The van der Waals surface area contributed by atoms with Crippen LogP contribution in [0.25, 0.3) is 31.0 Å². The minimum Gasteiger partial charge on any atom is -0.508 e. The van der Waals surface area contributed by atoms with Gasteiger partial charge in [0.15, 0.2) is 5.78 Å². The van der Waals surface area contributed by atoms with Crippen LogP contribution in [0.4, 0.5) is 0 Å². The summed E-state index contributed by atoms with van der Waals surface area (Å²) in [5.41, 5.74) is 6.62. The zero-order chi connectivity index (χ0) is 54.1. The van der Waals surface area contributed by atoms with Gasteiger partial charge in [0, 0.05) is 71.2 Å². The quantitative estimate of drug-likeness (QED) is 0.0277. The molecule has 1 saturated heterocycles. The van der Waals surface area contributed by atoms with Crippen LogP contribution in [-0.4, -0.2) is 114 Å². The summed E-state index contributed by atoms with van der Waals surface area (Å²) in [7, 11) is 0. The second-order valence-electron chi connectivity index (χ2n) is 20.2. The molecular formula is C59H65N7O8S2. The number of benzene rings is 4. The number of aliphatic hydroxyl groups excluding tert-OH is 1. The number of rotatable bonds is 20. The third-order valence-electron chi connectivity index (χ3n) is 13.5. The number of ether oxygens (including phenoxy) is 1. The Bertz CT molecular complexity index is 3220. The van der Waals surface area contributed by atoms with E-state index in [2.05, 4.69) is 44.4 Å². The number of nitrogens with one attached hydrogen (secondary N) is 2. The van der Waals surface area contributed by atoms with Gasteiger partial charge in [-0.05, 0) is 122 Å². The Labute approximate surface area is 451 Å². The number of likely N-dealkylation sites (N-methyl/N-ethyl adjacent to an activating group) is 1. The highest BCUT2D eigenvalue weighted by molar-refractivity contribution is 7.22. The Balaban J connectivity index is 0.764. The molecule has 396 valence electrons. The number of aromatic nitrogens is 3. The van der Waals surface area contributed by atoms with Gasteiger partial charge in [-0.25, -0.2) is 4.98 Å². The van der Waals surface area contributed by atoms with E-state index in [9.17, 15) is 34.5 Å². The van der Waals surface area contributed by atoms with Gasteiger partial charge in [-0.3, -0.25) is 23.9 Å². The van der Waals surface area contributed by atoms with Crippen LogP contribution in [0.1, 0.15) is 99.1 Å². The first-order valence-corrected chi connectivity index (χ1v) is 27.3. The predicted molar refractivity (Wildman–Crippen MR) is 297 cm³/mol. The molecule has 3 aromatic heterocycles. The third kappa shape index (κ3) is 13.5. The maximum atomic E-state index is 14.2. The Hall–Kier alpha value is -7.36. The Kier molecular flexibility index (Phi) is 17.7. The lowest BCUT2D eigenvalue weighted by atomic mass is 9.85. The van der Waals surface area contributed by atoms with E-state index >= 15 is 0 Å². The molecule has 1 unspecified atom stereocenters. The number of ketones is 1. The molecule has 7 aromatic rings. The number of thiophene rings is 1. The van der Waals surface area contributed by atoms with Crippen LogP contribution >= 0.6 is 22.7 Å². The van der Waals surface area contributed by atoms with E-state index in [4.69, 9.17) is 4.74 Å². The van der Waals surface area contributed by atoms with Crippen molar-refractivity contribution >= 4 is 56.3 Å². The van der Waals surface area contributed by atoms with Crippen LogP contribution < -0.4 is 15.4 Å². The van der Waals surface area contributed by atoms with E-state index in [0.29, 0.717) is 36.4 Å². The van der Waals surface area contributed by atoms with Crippen molar-refractivity contribution in [3.63, 3.8) is 0 Å². The molecule has 1 fully saturated rings. The molecule has 0 spiro atoms. The number of hydrogen-bond acceptors (Lipinski definition) is 13. The number of likely N-dealkylation sites (tertiary alicyclic amines) is 1. The lowest BCUT2D eigenvalue weighted by molar-refractivity contribution is -0.144. The van der Waals surface area contributed by atoms with Crippen molar-refractivity contribution in [1.29, 1.82) is 0 Å². The van der Waals surface area contributed by atoms with Gasteiger partial charge >= 0.3 is 0 Å². The van der Waals surface area contributed by atoms with E-state index in [1.54, 1.807) is 95.1 Å². The van der Waals surface area contributed by atoms with Crippen molar-refractivity contribution in [2.24, 2.45) is 5.41 Å². The molecule has 4 atom stereocenters. The molecule has 15 nitrogen and oxygen atoms in total. The van der Waals surface area contributed by atoms with Gasteiger partial charge in [-0.2, -0.15) is 5.10 Å². The largest absolute Gasteiger partial charge is 0.508 e. The number of aryl methyl sites for hydroxylation is 2. The van der Waals surface area contributed by atoms with Crippen LogP contribution in [0.2, 0.25) is 0 Å². The van der Waals surface area contributed by atoms with Crippen LogP contribution in [0.15, 0.2) is 109 Å². The second-order valence-corrected chi connectivity index (χ2v) is 22.1. The first-order chi connectivity index (χ1) is 36.4. The zero-order valence-corrected chi connectivity index (χ0v) is 45.3. The second kappa shape index (κ2) is 24.5. The van der Waals surface area contributed by atoms with Gasteiger partial charge in [0.1, 0.15) is 35.9 Å². The molecule has 76 heavy (non-hydrogen) atoms. The first kappa shape index (κ1) is 54.9. The van der Waals surface area contributed by atoms with Crippen LogP contribution in [0, 0.1) is 24.2 Å². The van der Waals surface area contributed by atoms with Gasteiger partial charge in [0.2, 0.25) is 17.7 Å². The highest BCUT2D eigenvalue weighted by Gasteiger charge is 2.44. The number of unbranched alkanes of at least 4 members (excludes halogenated alkanes) is 1. The number of phenols is 2. The lowest BCUT2D eigenvalue weighted by Gasteiger charge is -2.35. The molecule has 4 heterocycles. The fourth-order valence-corrected chi connectivity index (χ4v) is 11.3. The molecule has 0 aliphatic carbocycles. The number of thiazole rings is 1. The fourth-order valence-electron chi connectivity index (χ4n) is 9.27. The predicted octanol–water partition coefficient (Wildman–Crippen LogP) is 9.13. The normalized spacial score (nSPS) is 15.3. The SMILES string of the molecule is CCN(CCCC#Cc1cnn(CCC(=O)NC(C(=O)N2C[C@H](O)C[C@H]2C(=O)N[C@@H](C)c2ccc(-c3scnc3C)cc2)C(C)(C)C)c1)CCOc1ccc(C(=O)c2c(-c3ccc(O)cc3)sc3cc(O)ccc23)cc1. The Morgan fingerprint density at radius 2 is 1.63 bits per heavy atom. The summed E-state index contributed by atoms with van der Waals surface area (Å²) < 4.78 is 8.53. The number of β-amino-alcohol motifs (C(OH)–C–C–N with tert-alkyl or cyclic N) is 1. The number of nitrogens with zero attached hydrogens (tertiary/aromatic N) is 5. The molecule has 5 N–H and O–H groups in total. The fraction of sp³-hybridized carbons (Fsp3) is 0.356. The van der Waals surface area contributed by atoms with Crippen molar-refractivity contribution in [2.75, 3.05) is 32.8 Å². The van der Waals surface area contributed by atoms with Gasteiger partial charge in [0.05, 0.1) is 40.0 Å². The molecular weight excluding hydrogens is 999 g/mol. The third-order valence-corrected chi connectivity index (χ3v) is 15.7. The molecule has 0 radical (unpaired) electrons. The summed E-state index contributed by atoms with van der Waals surface area (Å²) in [6.45, 7) is 14.6.